The van der Waals surface area contributed by atoms with Gasteiger partial charge in [-0.15, -0.1) is 0 Å². The van der Waals surface area contributed by atoms with Gasteiger partial charge in [-0.25, -0.2) is 0 Å². The highest BCUT2D eigenvalue weighted by Gasteiger charge is 2.40. The van der Waals surface area contributed by atoms with Crippen molar-refractivity contribution < 1.29 is 24.2 Å². The van der Waals surface area contributed by atoms with Gasteiger partial charge in [-0.2, -0.15) is 0 Å². The molecule has 3 atom stereocenters. The third-order valence-corrected chi connectivity index (χ3v) is 5.17. The second kappa shape index (κ2) is 9.50. The van der Waals surface area contributed by atoms with Gasteiger partial charge in [0.05, 0.1) is 18.5 Å². The Hall–Kier alpha value is -2.25. The number of carbonyl (C=O) groups is 3. The zero-order valence-electron chi connectivity index (χ0n) is 17.7. The first kappa shape index (κ1) is 23.0. The predicted octanol–water partition coefficient (Wildman–Crippen LogP) is 2.47. The topological polar surface area (TPSA) is 105 Å². The van der Waals surface area contributed by atoms with Crippen LogP contribution in [0.5, 0.6) is 0 Å². The molecule has 0 radical (unpaired) electrons. The Balaban J connectivity index is 2.29. The summed E-state index contributed by atoms with van der Waals surface area (Å²) in [5, 5.41) is 14.7. The average Bonchev–Trinajstić information content (AvgIpc) is 2.67. The molecule has 0 bridgehead atoms. The van der Waals surface area contributed by atoms with E-state index in [1.165, 1.54) is 0 Å². The Morgan fingerprint density at radius 2 is 1.97 bits per heavy atom. The number of carboxylic acid groups (broad SMARTS) is 1. The molecule has 3 N–H and O–H groups in total. The lowest BCUT2D eigenvalue weighted by Crippen LogP contribution is -2.57. The van der Waals surface area contributed by atoms with E-state index in [0.29, 0.717) is 19.3 Å². The number of ether oxygens (including phenoxy) is 1. The van der Waals surface area contributed by atoms with E-state index in [-0.39, 0.29) is 5.41 Å². The van der Waals surface area contributed by atoms with Crippen molar-refractivity contribution in [1.29, 1.82) is 0 Å². The molecule has 2 rings (SSSR count). The highest BCUT2D eigenvalue weighted by molar-refractivity contribution is 5.85. The molecule has 1 fully saturated rings. The van der Waals surface area contributed by atoms with Gasteiger partial charge in [-0.3, -0.25) is 14.9 Å². The smallest absolute Gasteiger partial charge is 0.305 e. The Morgan fingerprint density at radius 3 is 2.52 bits per heavy atom. The SMILES string of the molecule is C[C@H](NC1(c2ccccc2C(C)(C)C)CCCCO1)C(=O)N[C@H](C=O)CC(=O)O. The number of rotatable bonds is 8. The first-order valence-electron chi connectivity index (χ1n) is 10.1. The Kier molecular flexibility index (Phi) is 7.54. The van der Waals surface area contributed by atoms with Gasteiger partial charge in [-0.05, 0) is 37.2 Å². The maximum absolute atomic E-state index is 12.6. The number of hydrogen-bond donors (Lipinski definition) is 3. The molecule has 1 heterocycles. The molecule has 1 aromatic carbocycles. The molecule has 0 saturated carbocycles. The van der Waals surface area contributed by atoms with Crippen molar-refractivity contribution in [2.75, 3.05) is 6.61 Å². The largest absolute Gasteiger partial charge is 0.481 e. The number of benzene rings is 1. The van der Waals surface area contributed by atoms with Crippen molar-refractivity contribution in [2.24, 2.45) is 0 Å². The Morgan fingerprint density at radius 1 is 1.28 bits per heavy atom. The second-order valence-corrected chi connectivity index (χ2v) is 8.64. The fourth-order valence-electron chi connectivity index (χ4n) is 3.73. The van der Waals surface area contributed by atoms with Crippen LogP contribution in [-0.2, 0) is 30.3 Å². The summed E-state index contributed by atoms with van der Waals surface area (Å²) in [5.74, 6) is -1.58. The molecule has 0 spiro atoms. The molecule has 7 heteroatoms. The fourth-order valence-corrected chi connectivity index (χ4v) is 3.73. The van der Waals surface area contributed by atoms with Gasteiger partial charge in [0.25, 0.3) is 0 Å². The van der Waals surface area contributed by atoms with E-state index in [2.05, 4.69) is 37.5 Å². The molecular formula is C22H32N2O5. The Bertz CT molecular complexity index is 735. The average molecular weight is 405 g/mol. The lowest BCUT2D eigenvalue weighted by Gasteiger charge is -2.43. The van der Waals surface area contributed by atoms with Gasteiger partial charge in [0.1, 0.15) is 12.0 Å². The maximum Gasteiger partial charge on any atom is 0.305 e. The number of hydrogen-bond acceptors (Lipinski definition) is 5. The molecule has 1 aliphatic heterocycles. The lowest BCUT2D eigenvalue weighted by molar-refractivity contribution is -0.140. The summed E-state index contributed by atoms with van der Waals surface area (Å²) in [6.45, 7) is 8.68. The highest BCUT2D eigenvalue weighted by Crippen LogP contribution is 2.39. The number of amides is 1. The minimum atomic E-state index is -1.14. The number of carboxylic acids is 1. The predicted molar refractivity (Wildman–Crippen MR) is 109 cm³/mol. The van der Waals surface area contributed by atoms with E-state index in [9.17, 15) is 14.4 Å². The zero-order chi connectivity index (χ0) is 21.7. The van der Waals surface area contributed by atoms with Crippen molar-refractivity contribution in [1.82, 2.24) is 10.6 Å². The maximum atomic E-state index is 12.6. The quantitative estimate of drug-likeness (QED) is 0.575. The van der Waals surface area contributed by atoms with Gasteiger partial charge in [0.2, 0.25) is 5.91 Å². The minimum Gasteiger partial charge on any atom is -0.481 e. The highest BCUT2D eigenvalue weighted by atomic mass is 16.5. The van der Waals surface area contributed by atoms with Crippen LogP contribution in [-0.4, -0.2) is 42.0 Å². The molecule has 160 valence electrons. The van der Waals surface area contributed by atoms with Crippen LogP contribution in [0, 0.1) is 0 Å². The number of aldehydes is 1. The summed E-state index contributed by atoms with van der Waals surface area (Å²) < 4.78 is 6.25. The van der Waals surface area contributed by atoms with Gasteiger partial charge < -0.3 is 20.0 Å². The van der Waals surface area contributed by atoms with Crippen LogP contribution < -0.4 is 10.6 Å². The molecule has 1 aliphatic rings. The molecular weight excluding hydrogens is 372 g/mol. The van der Waals surface area contributed by atoms with Crippen molar-refractivity contribution in [3.8, 4) is 0 Å². The Labute approximate surface area is 172 Å². The van der Waals surface area contributed by atoms with Crippen molar-refractivity contribution in [3.05, 3.63) is 35.4 Å². The van der Waals surface area contributed by atoms with E-state index in [1.807, 2.05) is 18.2 Å². The molecule has 1 unspecified atom stereocenters. The third-order valence-electron chi connectivity index (χ3n) is 5.17. The molecule has 0 aliphatic carbocycles. The van der Waals surface area contributed by atoms with Crippen molar-refractivity contribution >= 4 is 18.2 Å². The zero-order valence-corrected chi connectivity index (χ0v) is 17.7. The first-order chi connectivity index (χ1) is 13.6. The molecule has 1 saturated heterocycles. The summed E-state index contributed by atoms with van der Waals surface area (Å²) in [4.78, 5) is 34.6. The summed E-state index contributed by atoms with van der Waals surface area (Å²) in [7, 11) is 0. The van der Waals surface area contributed by atoms with Gasteiger partial charge in [-0.1, -0.05) is 45.0 Å². The first-order valence-corrected chi connectivity index (χ1v) is 10.1. The van der Waals surface area contributed by atoms with E-state index in [0.717, 1.165) is 24.0 Å². The number of carbonyl (C=O) groups excluding carboxylic acids is 2. The summed E-state index contributed by atoms with van der Waals surface area (Å²) >= 11 is 0. The van der Waals surface area contributed by atoms with Crippen LogP contribution in [0.2, 0.25) is 0 Å². The summed E-state index contributed by atoms with van der Waals surface area (Å²) in [6.07, 6.45) is 2.62. The van der Waals surface area contributed by atoms with Gasteiger partial charge in [0, 0.05) is 12.2 Å². The van der Waals surface area contributed by atoms with E-state index in [4.69, 9.17) is 9.84 Å². The van der Waals surface area contributed by atoms with Crippen LogP contribution in [0.1, 0.15) is 64.5 Å². The monoisotopic (exact) mass is 404 g/mol. The van der Waals surface area contributed by atoms with Crippen LogP contribution in [0.4, 0.5) is 0 Å². The molecule has 1 amide bonds. The normalized spacial score (nSPS) is 21.8. The summed E-state index contributed by atoms with van der Waals surface area (Å²) in [6, 6.07) is 6.33. The van der Waals surface area contributed by atoms with E-state index in [1.54, 1.807) is 6.92 Å². The number of nitrogens with one attached hydrogen (secondary N) is 2. The fraction of sp³-hybridized carbons (Fsp3) is 0.591. The standard InChI is InChI=1S/C22H32N2O5/c1-15(20(28)23-16(14-25)13-19(26)27)24-22(11-7-8-12-29-22)18-10-6-5-9-17(18)21(2,3)4/h5-6,9-10,14-16,24H,7-8,11-13H2,1-4H3,(H,23,28)(H,26,27)/t15-,16-,22?/m0/s1. The van der Waals surface area contributed by atoms with Crippen LogP contribution >= 0.6 is 0 Å². The van der Waals surface area contributed by atoms with E-state index >= 15 is 0 Å². The van der Waals surface area contributed by atoms with Crippen LogP contribution in [0.3, 0.4) is 0 Å². The second-order valence-electron chi connectivity index (χ2n) is 8.64. The lowest BCUT2D eigenvalue weighted by atomic mass is 9.79. The molecule has 1 aromatic rings. The van der Waals surface area contributed by atoms with Crippen molar-refractivity contribution in [2.45, 2.75) is 76.6 Å². The number of aliphatic carboxylic acids is 1. The third kappa shape index (κ3) is 5.87. The van der Waals surface area contributed by atoms with Crippen molar-refractivity contribution in [3.63, 3.8) is 0 Å². The molecule has 29 heavy (non-hydrogen) atoms. The van der Waals surface area contributed by atoms with Crippen LogP contribution in [0.15, 0.2) is 24.3 Å². The van der Waals surface area contributed by atoms with Gasteiger partial charge in [0.15, 0.2) is 0 Å². The van der Waals surface area contributed by atoms with Crippen LogP contribution in [0.25, 0.3) is 0 Å². The minimum absolute atomic E-state index is 0.109. The van der Waals surface area contributed by atoms with E-state index < -0.39 is 36.1 Å². The molecule has 7 nitrogen and oxygen atoms in total. The molecule has 0 aromatic heterocycles. The van der Waals surface area contributed by atoms with Gasteiger partial charge >= 0.3 is 5.97 Å². The summed E-state index contributed by atoms with van der Waals surface area (Å²) in [5.41, 5.74) is 1.22.